The third-order valence-electron chi connectivity index (χ3n) is 6.68. The Balaban J connectivity index is 1.56. The Kier molecular flexibility index (Phi) is 5.99. The lowest BCUT2D eigenvalue weighted by Gasteiger charge is -2.54. The number of pyridine rings is 1. The number of benzene rings is 1. The van der Waals surface area contributed by atoms with Crippen molar-refractivity contribution >= 4 is 11.6 Å². The third kappa shape index (κ3) is 4.17. The van der Waals surface area contributed by atoms with Crippen LogP contribution in [0.25, 0.3) is 0 Å². The highest BCUT2D eigenvalue weighted by Gasteiger charge is 2.71. The molecule has 8 heteroatoms. The number of ether oxygens (including phenoxy) is 1. The molecule has 2 fully saturated rings. The summed E-state index contributed by atoms with van der Waals surface area (Å²) in [6.07, 6.45) is -1.84. The Bertz CT molecular complexity index is 952. The summed E-state index contributed by atoms with van der Waals surface area (Å²) in [4.78, 5) is 6.33. The first kappa shape index (κ1) is 22.1. The number of hydrogen-bond donors (Lipinski definition) is 0. The summed E-state index contributed by atoms with van der Waals surface area (Å²) in [5, 5.41) is 9.56. The van der Waals surface area contributed by atoms with Gasteiger partial charge in [0.25, 0.3) is 0 Å². The molecule has 0 saturated carbocycles. The van der Waals surface area contributed by atoms with Gasteiger partial charge in [-0.25, -0.2) is 0 Å². The molecule has 0 N–H and O–H groups in total. The predicted octanol–water partition coefficient (Wildman–Crippen LogP) is 5.15. The summed E-state index contributed by atoms with van der Waals surface area (Å²) >= 11 is 5.95. The molecule has 3 heterocycles. The molecule has 2 aliphatic rings. The van der Waals surface area contributed by atoms with Crippen molar-refractivity contribution in [3.63, 3.8) is 0 Å². The van der Waals surface area contributed by atoms with E-state index in [0.717, 1.165) is 5.56 Å². The van der Waals surface area contributed by atoms with Gasteiger partial charge in [0, 0.05) is 41.8 Å². The summed E-state index contributed by atoms with van der Waals surface area (Å²) in [6.45, 7) is 1.59. The van der Waals surface area contributed by atoms with E-state index in [9.17, 15) is 13.2 Å². The van der Waals surface area contributed by atoms with Crippen molar-refractivity contribution in [2.45, 2.75) is 44.0 Å². The zero-order chi connectivity index (χ0) is 22.1. The zero-order valence-corrected chi connectivity index (χ0v) is 17.7. The van der Waals surface area contributed by atoms with E-state index in [0.29, 0.717) is 55.2 Å². The van der Waals surface area contributed by atoms with E-state index in [1.807, 2.05) is 18.2 Å². The Labute approximate surface area is 184 Å². The van der Waals surface area contributed by atoms with Crippen molar-refractivity contribution in [2.75, 3.05) is 19.7 Å². The molecule has 0 unspecified atom stereocenters. The van der Waals surface area contributed by atoms with Crippen LogP contribution >= 0.6 is 11.6 Å². The summed E-state index contributed by atoms with van der Waals surface area (Å²) in [5.41, 5.74) is -1.01. The van der Waals surface area contributed by atoms with Crippen LogP contribution in [0.1, 0.15) is 36.1 Å². The highest BCUT2D eigenvalue weighted by molar-refractivity contribution is 6.30. The molecule has 4 rings (SSSR count). The number of halogens is 4. The van der Waals surface area contributed by atoms with Crippen LogP contribution in [0.5, 0.6) is 0 Å². The van der Waals surface area contributed by atoms with Crippen LogP contribution in [0, 0.1) is 16.7 Å². The van der Waals surface area contributed by atoms with Crippen molar-refractivity contribution in [3.05, 3.63) is 64.4 Å². The van der Waals surface area contributed by atoms with Crippen molar-refractivity contribution in [2.24, 2.45) is 5.41 Å². The van der Waals surface area contributed by atoms with Crippen LogP contribution < -0.4 is 0 Å². The first-order valence-corrected chi connectivity index (χ1v) is 10.7. The molecular formula is C23H23ClF3N3O. The van der Waals surface area contributed by atoms with Gasteiger partial charge < -0.3 is 4.74 Å². The minimum Gasteiger partial charge on any atom is -0.365 e. The van der Waals surface area contributed by atoms with E-state index in [2.05, 4.69) is 9.88 Å². The predicted molar refractivity (Wildman–Crippen MR) is 110 cm³/mol. The molecule has 2 aromatic rings. The highest BCUT2D eigenvalue weighted by Crippen LogP contribution is 2.59. The smallest absolute Gasteiger partial charge is 0.365 e. The van der Waals surface area contributed by atoms with Crippen molar-refractivity contribution in [1.29, 1.82) is 5.26 Å². The van der Waals surface area contributed by atoms with E-state index >= 15 is 0 Å². The molecular weight excluding hydrogens is 427 g/mol. The highest BCUT2D eigenvalue weighted by atomic mass is 35.5. The van der Waals surface area contributed by atoms with E-state index < -0.39 is 17.2 Å². The van der Waals surface area contributed by atoms with E-state index in [-0.39, 0.29) is 13.0 Å². The van der Waals surface area contributed by atoms with E-state index in [1.54, 1.807) is 24.3 Å². The quantitative estimate of drug-likeness (QED) is 0.611. The Morgan fingerprint density at radius 1 is 1.16 bits per heavy atom. The van der Waals surface area contributed by atoms with Gasteiger partial charge in [0.05, 0.1) is 12.2 Å². The number of hydrogen-bond acceptors (Lipinski definition) is 4. The van der Waals surface area contributed by atoms with Gasteiger partial charge in [-0.05, 0) is 55.6 Å². The Hall–Kier alpha value is -2.14. The number of nitrogens with zero attached hydrogens (tertiary/aromatic N) is 3. The molecule has 2 aliphatic heterocycles. The summed E-state index contributed by atoms with van der Waals surface area (Å²) in [7, 11) is 0. The van der Waals surface area contributed by atoms with Gasteiger partial charge in [-0.1, -0.05) is 23.7 Å². The number of rotatable bonds is 6. The Morgan fingerprint density at radius 3 is 2.45 bits per heavy atom. The SMILES string of the molecule is N#Cc1ccc(CC[C@@]2([C@@]3(C(F)(F)F)CCO3)CCN(Cc3ccc(Cl)cc3)C2)nc1. The number of likely N-dealkylation sites (tertiary alicyclic amines) is 1. The molecule has 0 amide bonds. The first-order valence-electron chi connectivity index (χ1n) is 10.3. The summed E-state index contributed by atoms with van der Waals surface area (Å²) < 4.78 is 48.2. The fourth-order valence-corrected chi connectivity index (χ4v) is 5.06. The lowest BCUT2D eigenvalue weighted by atomic mass is 9.63. The standard InChI is InChI=1S/C23H23ClF3N3O/c24-19-4-1-17(2-5-19)15-30-11-9-21(16-30,22(10-12-31-22)23(25,26)27)8-7-20-6-3-18(13-28)14-29-20/h1-6,14H,7-12,15-16H2/t21-,22-/m1/s1. The second-order valence-corrected chi connectivity index (χ2v) is 8.88. The molecule has 2 saturated heterocycles. The van der Waals surface area contributed by atoms with Crippen LogP contribution in [-0.2, 0) is 17.7 Å². The molecule has 0 radical (unpaired) electrons. The topological polar surface area (TPSA) is 49.1 Å². The molecule has 1 aromatic carbocycles. The number of aryl methyl sites for hydroxylation is 1. The van der Waals surface area contributed by atoms with Gasteiger partial charge in [0.15, 0.2) is 5.60 Å². The van der Waals surface area contributed by atoms with Crippen LogP contribution in [0.15, 0.2) is 42.6 Å². The molecule has 0 bridgehead atoms. The van der Waals surface area contributed by atoms with Crippen LogP contribution in [-0.4, -0.2) is 41.4 Å². The molecule has 0 aliphatic carbocycles. The molecule has 2 atom stereocenters. The van der Waals surface area contributed by atoms with E-state index in [4.69, 9.17) is 21.6 Å². The van der Waals surface area contributed by atoms with Gasteiger partial charge >= 0.3 is 6.18 Å². The summed E-state index contributed by atoms with van der Waals surface area (Å²) in [6, 6.07) is 12.8. The van der Waals surface area contributed by atoms with Crippen molar-refractivity contribution in [3.8, 4) is 6.07 Å². The molecule has 31 heavy (non-hydrogen) atoms. The lowest BCUT2D eigenvalue weighted by molar-refractivity contribution is -0.366. The van der Waals surface area contributed by atoms with Crippen LogP contribution in [0.3, 0.4) is 0 Å². The van der Waals surface area contributed by atoms with Gasteiger partial charge in [0.2, 0.25) is 0 Å². The molecule has 1 aromatic heterocycles. The maximum atomic E-state index is 14.3. The zero-order valence-electron chi connectivity index (χ0n) is 17.0. The Morgan fingerprint density at radius 2 is 1.90 bits per heavy atom. The van der Waals surface area contributed by atoms with Gasteiger partial charge in [-0.3, -0.25) is 9.88 Å². The monoisotopic (exact) mass is 449 g/mol. The fraction of sp³-hybridized carbons (Fsp3) is 0.478. The molecule has 0 spiro atoms. The van der Waals surface area contributed by atoms with Crippen LogP contribution in [0.2, 0.25) is 5.02 Å². The van der Waals surface area contributed by atoms with E-state index in [1.165, 1.54) is 6.20 Å². The second kappa shape index (κ2) is 8.42. The van der Waals surface area contributed by atoms with Gasteiger partial charge in [-0.15, -0.1) is 0 Å². The maximum Gasteiger partial charge on any atom is 0.418 e. The fourth-order valence-electron chi connectivity index (χ4n) is 4.93. The van der Waals surface area contributed by atoms with Crippen LogP contribution in [0.4, 0.5) is 13.2 Å². The molecule has 164 valence electrons. The largest absolute Gasteiger partial charge is 0.418 e. The number of nitriles is 1. The minimum atomic E-state index is -4.43. The normalized spacial score (nSPS) is 26.4. The second-order valence-electron chi connectivity index (χ2n) is 8.44. The van der Waals surface area contributed by atoms with Crippen molar-refractivity contribution in [1.82, 2.24) is 9.88 Å². The van der Waals surface area contributed by atoms with Crippen molar-refractivity contribution < 1.29 is 17.9 Å². The van der Waals surface area contributed by atoms with Gasteiger partial charge in [-0.2, -0.15) is 18.4 Å². The summed E-state index contributed by atoms with van der Waals surface area (Å²) in [5.74, 6) is 0. The average molecular weight is 450 g/mol. The molecule has 4 nitrogen and oxygen atoms in total. The first-order chi connectivity index (χ1) is 14.8. The number of alkyl halides is 3. The maximum absolute atomic E-state index is 14.3. The number of aromatic nitrogens is 1. The third-order valence-corrected chi connectivity index (χ3v) is 6.93. The average Bonchev–Trinajstić information content (AvgIpc) is 3.10. The van der Waals surface area contributed by atoms with Gasteiger partial charge in [0.1, 0.15) is 6.07 Å². The minimum absolute atomic E-state index is 0.00785. The lowest BCUT2D eigenvalue weighted by Crippen LogP contribution is -2.67.